The Kier molecular flexibility index (Phi) is 12.2. The molecule has 0 radical (unpaired) electrons. The lowest BCUT2D eigenvalue weighted by molar-refractivity contribution is -0.148. The van der Waals surface area contributed by atoms with Crippen molar-refractivity contribution in [2.45, 2.75) is 58.8 Å². The van der Waals surface area contributed by atoms with Crippen LogP contribution in [-0.4, -0.2) is 24.6 Å². The molecule has 102 valence electrons. The van der Waals surface area contributed by atoms with E-state index in [1.165, 1.54) is 19.3 Å². The third-order valence-electron chi connectivity index (χ3n) is 2.97. The van der Waals surface area contributed by atoms with Crippen LogP contribution in [0.15, 0.2) is 0 Å². The fourth-order valence-electron chi connectivity index (χ4n) is 1.80. The van der Waals surface area contributed by atoms with Gasteiger partial charge in [0.2, 0.25) is 0 Å². The second-order valence-electron chi connectivity index (χ2n) is 4.47. The van der Waals surface area contributed by atoms with Gasteiger partial charge < -0.3 is 4.74 Å². The maximum absolute atomic E-state index is 11.8. The Labute approximate surface area is 111 Å². The fourth-order valence-corrected chi connectivity index (χ4v) is 2.21. The molecule has 0 fully saturated rings. The molecule has 0 spiro atoms. The predicted octanol–water partition coefficient (Wildman–Crippen LogP) is 4.28. The molecule has 3 heteroatoms. The van der Waals surface area contributed by atoms with Gasteiger partial charge in [-0.1, -0.05) is 39.5 Å². The summed E-state index contributed by atoms with van der Waals surface area (Å²) in [5.74, 6) is 1.21. The molecular weight excluding hydrogens is 232 g/mol. The van der Waals surface area contributed by atoms with Crippen molar-refractivity contribution in [3.63, 3.8) is 0 Å². The van der Waals surface area contributed by atoms with Crippen LogP contribution in [0, 0.1) is 5.92 Å². The van der Waals surface area contributed by atoms with Gasteiger partial charge in [0.1, 0.15) is 0 Å². The molecule has 17 heavy (non-hydrogen) atoms. The highest BCUT2D eigenvalue weighted by Gasteiger charge is 2.16. The highest BCUT2D eigenvalue weighted by molar-refractivity contribution is 7.98. The number of rotatable bonds is 11. The summed E-state index contributed by atoms with van der Waals surface area (Å²) in [5, 5.41) is 0. The van der Waals surface area contributed by atoms with E-state index in [0.717, 1.165) is 31.4 Å². The smallest absolute Gasteiger partial charge is 0.308 e. The highest BCUT2D eigenvalue weighted by atomic mass is 32.2. The molecule has 0 N–H and O–H groups in total. The molecule has 0 aliphatic rings. The zero-order valence-corrected chi connectivity index (χ0v) is 12.5. The standard InChI is InChI=1S/C14H28O2S/c1-4-6-7-8-10-13(5-2)14(15)16-11-9-12-17-3/h13H,4-12H2,1-3H3. The largest absolute Gasteiger partial charge is 0.465 e. The van der Waals surface area contributed by atoms with E-state index in [2.05, 4.69) is 20.1 Å². The van der Waals surface area contributed by atoms with Gasteiger partial charge in [-0.15, -0.1) is 0 Å². The zero-order valence-electron chi connectivity index (χ0n) is 11.7. The summed E-state index contributed by atoms with van der Waals surface area (Å²) in [6.45, 7) is 4.87. The molecule has 0 amide bonds. The molecule has 0 aromatic rings. The van der Waals surface area contributed by atoms with Gasteiger partial charge >= 0.3 is 5.97 Å². The Morgan fingerprint density at radius 3 is 2.53 bits per heavy atom. The molecule has 1 unspecified atom stereocenters. The van der Waals surface area contributed by atoms with E-state index in [1.54, 1.807) is 11.8 Å². The van der Waals surface area contributed by atoms with Crippen LogP contribution in [0.1, 0.15) is 58.8 Å². The lowest BCUT2D eigenvalue weighted by Gasteiger charge is -2.13. The van der Waals surface area contributed by atoms with Crippen LogP contribution >= 0.6 is 11.8 Å². The topological polar surface area (TPSA) is 26.3 Å². The van der Waals surface area contributed by atoms with E-state index < -0.39 is 0 Å². The number of hydrogen-bond acceptors (Lipinski definition) is 3. The minimum Gasteiger partial charge on any atom is -0.465 e. The molecular formula is C14H28O2S. The van der Waals surface area contributed by atoms with E-state index in [-0.39, 0.29) is 11.9 Å². The molecule has 0 bridgehead atoms. The van der Waals surface area contributed by atoms with Crippen LogP contribution in [0.5, 0.6) is 0 Å². The highest BCUT2D eigenvalue weighted by Crippen LogP contribution is 2.16. The number of esters is 1. The quantitative estimate of drug-likeness (QED) is 0.410. The molecule has 2 nitrogen and oxygen atoms in total. The summed E-state index contributed by atoms with van der Waals surface area (Å²) in [7, 11) is 0. The first-order valence-corrected chi connectivity index (χ1v) is 8.31. The Morgan fingerprint density at radius 1 is 1.18 bits per heavy atom. The van der Waals surface area contributed by atoms with Crippen molar-refractivity contribution < 1.29 is 9.53 Å². The maximum Gasteiger partial charge on any atom is 0.308 e. The van der Waals surface area contributed by atoms with Crippen LogP contribution in [0.4, 0.5) is 0 Å². The number of ether oxygens (including phenoxy) is 1. The van der Waals surface area contributed by atoms with E-state index in [1.807, 2.05) is 0 Å². The second-order valence-corrected chi connectivity index (χ2v) is 5.45. The number of hydrogen-bond donors (Lipinski definition) is 0. The first kappa shape index (κ1) is 16.8. The average molecular weight is 260 g/mol. The van der Waals surface area contributed by atoms with Crippen molar-refractivity contribution in [1.82, 2.24) is 0 Å². The van der Waals surface area contributed by atoms with E-state index in [4.69, 9.17) is 4.74 Å². The summed E-state index contributed by atoms with van der Waals surface area (Å²) in [6.07, 6.45) is 9.88. The van der Waals surface area contributed by atoms with Crippen molar-refractivity contribution >= 4 is 17.7 Å². The van der Waals surface area contributed by atoms with Gasteiger partial charge in [0.15, 0.2) is 0 Å². The molecule has 1 atom stereocenters. The number of carbonyl (C=O) groups is 1. The van der Waals surface area contributed by atoms with Crippen LogP contribution in [0.2, 0.25) is 0 Å². The van der Waals surface area contributed by atoms with Crippen LogP contribution < -0.4 is 0 Å². The number of unbranched alkanes of at least 4 members (excludes halogenated alkanes) is 3. The van der Waals surface area contributed by atoms with Gasteiger partial charge in [-0.05, 0) is 31.3 Å². The van der Waals surface area contributed by atoms with Crippen molar-refractivity contribution in [3.8, 4) is 0 Å². The van der Waals surface area contributed by atoms with Crippen molar-refractivity contribution in [2.24, 2.45) is 5.92 Å². The van der Waals surface area contributed by atoms with E-state index >= 15 is 0 Å². The summed E-state index contributed by atoms with van der Waals surface area (Å²) in [4.78, 5) is 11.8. The van der Waals surface area contributed by atoms with Gasteiger partial charge in [0.05, 0.1) is 12.5 Å². The molecule has 0 aromatic heterocycles. The van der Waals surface area contributed by atoms with Crippen molar-refractivity contribution in [2.75, 3.05) is 18.6 Å². The van der Waals surface area contributed by atoms with Gasteiger partial charge in [-0.3, -0.25) is 4.79 Å². The second kappa shape index (κ2) is 12.3. The van der Waals surface area contributed by atoms with Gasteiger partial charge in [-0.2, -0.15) is 11.8 Å². The van der Waals surface area contributed by atoms with Crippen molar-refractivity contribution in [1.29, 1.82) is 0 Å². The molecule has 0 aromatic carbocycles. The maximum atomic E-state index is 11.8. The summed E-state index contributed by atoms with van der Waals surface area (Å²) < 4.78 is 5.30. The molecule has 0 saturated carbocycles. The fraction of sp³-hybridized carbons (Fsp3) is 0.929. The SMILES string of the molecule is CCCCCCC(CC)C(=O)OCCCSC. The summed E-state index contributed by atoms with van der Waals surface area (Å²) >= 11 is 1.80. The lowest BCUT2D eigenvalue weighted by atomic mass is 9.98. The Hall–Kier alpha value is -0.180. The van der Waals surface area contributed by atoms with Gasteiger partial charge in [-0.25, -0.2) is 0 Å². The molecule has 0 saturated heterocycles. The zero-order chi connectivity index (χ0) is 12.9. The van der Waals surface area contributed by atoms with E-state index in [0.29, 0.717) is 6.61 Å². The van der Waals surface area contributed by atoms with Crippen LogP contribution in [0.25, 0.3) is 0 Å². The first-order chi connectivity index (χ1) is 8.26. The lowest BCUT2D eigenvalue weighted by Crippen LogP contribution is -2.18. The molecule has 0 heterocycles. The third kappa shape index (κ3) is 9.51. The van der Waals surface area contributed by atoms with Gasteiger partial charge in [0.25, 0.3) is 0 Å². The first-order valence-electron chi connectivity index (χ1n) is 6.91. The minimum absolute atomic E-state index is 0.0186. The monoisotopic (exact) mass is 260 g/mol. The third-order valence-corrected chi connectivity index (χ3v) is 3.67. The van der Waals surface area contributed by atoms with Crippen LogP contribution in [0.3, 0.4) is 0 Å². The molecule has 0 rings (SSSR count). The summed E-state index contributed by atoms with van der Waals surface area (Å²) in [5.41, 5.74) is 0. The Balaban J connectivity index is 3.64. The Morgan fingerprint density at radius 2 is 1.94 bits per heavy atom. The predicted molar refractivity (Wildman–Crippen MR) is 76.5 cm³/mol. The Bertz CT molecular complexity index is 183. The number of thioether (sulfide) groups is 1. The van der Waals surface area contributed by atoms with Crippen molar-refractivity contribution in [3.05, 3.63) is 0 Å². The summed E-state index contributed by atoms with van der Waals surface area (Å²) in [6, 6.07) is 0. The number of carbonyl (C=O) groups excluding carboxylic acids is 1. The van der Waals surface area contributed by atoms with Crippen LogP contribution in [-0.2, 0) is 9.53 Å². The minimum atomic E-state index is 0.0186. The van der Waals surface area contributed by atoms with Gasteiger partial charge in [0, 0.05) is 0 Å². The molecule has 0 aliphatic heterocycles. The van der Waals surface area contributed by atoms with E-state index in [9.17, 15) is 4.79 Å². The molecule has 0 aliphatic carbocycles. The normalized spacial score (nSPS) is 12.4. The average Bonchev–Trinajstić information content (AvgIpc) is 2.34.